The standard InChI is InChI=1S/2C19H15ClN6O.ClH/c1-27-11-8-6-10(7-9-11)14-15(12-4-2-3-5-13(12)20)23-16-17(21)25-19(22)26-18(16)24-14;1-27-11-8-6-10(7-9-11)14-15(12-4-2-3-5-13(12)20)24-18-16(23-14)17(21)25-19(22)26-18;/h2*2-9H,1H3,(H4,21,22,24,25,26);1H. The first-order valence-electron chi connectivity index (χ1n) is 16.1. The summed E-state index contributed by atoms with van der Waals surface area (Å²) in [6.07, 6.45) is 0. The minimum atomic E-state index is 0. The Balaban J connectivity index is 0.000000184. The quantitative estimate of drug-likeness (QED) is 0.127. The van der Waals surface area contributed by atoms with Gasteiger partial charge in [0, 0.05) is 22.3 Å². The number of anilines is 4. The molecule has 0 amide bonds. The molecule has 0 radical (unpaired) electrons. The van der Waals surface area contributed by atoms with Gasteiger partial charge in [-0.25, -0.2) is 19.9 Å². The van der Waals surface area contributed by atoms with Crippen molar-refractivity contribution in [3.63, 3.8) is 0 Å². The van der Waals surface area contributed by atoms with Crippen molar-refractivity contribution in [2.75, 3.05) is 37.2 Å². The van der Waals surface area contributed by atoms with Crippen molar-refractivity contribution in [1.29, 1.82) is 0 Å². The average Bonchev–Trinajstić information content (AvgIpc) is 3.18. The van der Waals surface area contributed by atoms with Crippen LogP contribution < -0.4 is 32.4 Å². The number of rotatable bonds is 6. The fraction of sp³-hybridized carbons (Fsp3) is 0.0526. The van der Waals surface area contributed by atoms with Crippen LogP contribution in [0.15, 0.2) is 97.1 Å². The van der Waals surface area contributed by atoms with Gasteiger partial charge in [0.2, 0.25) is 11.9 Å². The van der Waals surface area contributed by atoms with Gasteiger partial charge in [-0.1, -0.05) is 59.6 Å². The molecule has 0 aliphatic rings. The van der Waals surface area contributed by atoms with E-state index in [9.17, 15) is 0 Å². The van der Waals surface area contributed by atoms with Crippen molar-refractivity contribution < 1.29 is 9.47 Å². The summed E-state index contributed by atoms with van der Waals surface area (Å²) in [5.41, 5.74) is 30.3. The molecule has 55 heavy (non-hydrogen) atoms. The molecule has 0 spiro atoms. The lowest BCUT2D eigenvalue weighted by atomic mass is 10.0. The summed E-state index contributed by atoms with van der Waals surface area (Å²) in [5.74, 6) is 1.90. The molecule has 4 heterocycles. The number of aromatic nitrogens is 8. The third-order valence-corrected chi connectivity index (χ3v) is 8.80. The van der Waals surface area contributed by atoms with Crippen molar-refractivity contribution in [3.05, 3.63) is 107 Å². The third kappa shape index (κ3) is 7.87. The zero-order valence-electron chi connectivity index (χ0n) is 29.1. The van der Waals surface area contributed by atoms with Crippen LogP contribution in [-0.2, 0) is 0 Å². The van der Waals surface area contributed by atoms with Crippen LogP contribution >= 0.6 is 35.6 Å². The highest BCUT2D eigenvalue weighted by Crippen LogP contribution is 2.37. The van der Waals surface area contributed by atoms with Crippen LogP contribution in [0.25, 0.3) is 67.4 Å². The Hall–Kier alpha value is -6.61. The molecule has 17 heteroatoms. The number of hydrogen-bond acceptors (Lipinski definition) is 14. The number of nitrogens with two attached hydrogens (primary N) is 4. The highest BCUT2D eigenvalue weighted by Gasteiger charge is 2.20. The molecule has 0 saturated heterocycles. The van der Waals surface area contributed by atoms with Gasteiger partial charge < -0.3 is 32.4 Å². The van der Waals surface area contributed by atoms with E-state index in [2.05, 4.69) is 34.9 Å². The van der Waals surface area contributed by atoms with Gasteiger partial charge in [0.05, 0.1) is 41.3 Å². The molecule has 0 fully saturated rings. The molecule has 14 nitrogen and oxygen atoms in total. The number of halogens is 3. The van der Waals surface area contributed by atoms with Crippen LogP contribution in [-0.4, -0.2) is 54.1 Å². The largest absolute Gasteiger partial charge is 0.497 e. The molecule has 8 aromatic rings. The summed E-state index contributed by atoms with van der Waals surface area (Å²) in [4.78, 5) is 35.0. The Kier molecular flexibility index (Phi) is 11.2. The van der Waals surface area contributed by atoms with Crippen molar-refractivity contribution in [1.82, 2.24) is 39.9 Å². The highest BCUT2D eigenvalue weighted by atomic mass is 35.5. The molecule has 8 N–H and O–H groups in total. The summed E-state index contributed by atoms with van der Waals surface area (Å²) in [7, 11) is 3.23. The second-order valence-electron chi connectivity index (χ2n) is 11.5. The minimum Gasteiger partial charge on any atom is -0.497 e. The molecule has 0 saturated carbocycles. The van der Waals surface area contributed by atoms with Crippen molar-refractivity contribution in [2.45, 2.75) is 0 Å². The van der Waals surface area contributed by atoms with Gasteiger partial charge in [-0.2, -0.15) is 19.9 Å². The fourth-order valence-corrected chi connectivity index (χ4v) is 6.01. The lowest BCUT2D eigenvalue weighted by Crippen LogP contribution is -2.05. The second kappa shape index (κ2) is 16.2. The molecule has 8 rings (SSSR count). The van der Waals surface area contributed by atoms with Crippen LogP contribution in [0.5, 0.6) is 11.5 Å². The lowest BCUT2D eigenvalue weighted by Gasteiger charge is -2.12. The van der Waals surface area contributed by atoms with Gasteiger partial charge in [-0.3, -0.25) is 0 Å². The number of benzene rings is 4. The first-order valence-corrected chi connectivity index (χ1v) is 16.9. The Bertz CT molecular complexity index is 2670. The first kappa shape index (κ1) is 38.1. The molecule has 0 bridgehead atoms. The molecular weight excluding hydrogens is 763 g/mol. The molecule has 4 aromatic carbocycles. The summed E-state index contributed by atoms with van der Waals surface area (Å²) in [6.45, 7) is 0. The Morgan fingerprint density at radius 1 is 0.436 bits per heavy atom. The van der Waals surface area contributed by atoms with Gasteiger partial charge in [0.1, 0.15) is 17.2 Å². The van der Waals surface area contributed by atoms with Crippen molar-refractivity contribution in [2.24, 2.45) is 0 Å². The summed E-state index contributed by atoms with van der Waals surface area (Å²) in [5, 5.41) is 1.10. The number of fused-ring (bicyclic) bond motifs is 2. The van der Waals surface area contributed by atoms with Crippen LogP contribution in [0.3, 0.4) is 0 Å². The van der Waals surface area contributed by atoms with E-state index in [-0.39, 0.29) is 35.9 Å². The van der Waals surface area contributed by atoms with Crippen molar-refractivity contribution in [3.8, 4) is 56.5 Å². The van der Waals surface area contributed by atoms with Crippen LogP contribution in [0.1, 0.15) is 0 Å². The van der Waals surface area contributed by atoms with Crippen LogP contribution in [0, 0.1) is 0 Å². The van der Waals surface area contributed by atoms with Crippen molar-refractivity contribution >= 4 is 81.5 Å². The monoisotopic (exact) mass is 792 g/mol. The zero-order valence-corrected chi connectivity index (χ0v) is 31.4. The number of ether oxygens (including phenoxy) is 2. The average molecular weight is 794 g/mol. The minimum absolute atomic E-state index is 0. The lowest BCUT2D eigenvalue weighted by molar-refractivity contribution is 0.415. The Morgan fingerprint density at radius 2 is 0.800 bits per heavy atom. The summed E-state index contributed by atoms with van der Waals surface area (Å²) in [6, 6.07) is 29.8. The molecule has 0 aliphatic carbocycles. The number of methoxy groups -OCH3 is 2. The van der Waals surface area contributed by atoms with E-state index in [1.165, 1.54) is 0 Å². The van der Waals surface area contributed by atoms with E-state index in [0.717, 1.165) is 33.8 Å². The van der Waals surface area contributed by atoms with E-state index >= 15 is 0 Å². The van der Waals surface area contributed by atoms with E-state index < -0.39 is 0 Å². The SMILES string of the molecule is COc1ccc(-c2nc3c(N)nc(N)nc3nc2-c2ccccc2Cl)cc1.COc1ccc(-c2nc3nc(N)nc(N)c3nc2-c2ccccc2Cl)cc1.Cl. The molecule has 276 valence electrons. The molecule has 0 atom stereocenters. The van der Waals surface area contributed by atoms with Gasteiger partial charge in [0.15, 0.2) is 34.0 Å². The topological polar surface area (TPSA) is 226 Å². The highest BCUT2D eigenvalue weighted by molar-refractivity contribution is 6.33. The maximum absolute atomic E-state index is 6.41. The number of nitrogen functional groups attached to an aromatic ring is 4. The Labute approximate surface area is 330 Å². The molecule has 0 unspecified atom stereocenters. The van der Waals surface area contributed by atoms with E-state index in [0.29, 0.717) is 55.1 Å². The number of hydrogen-bond donors (Lipinski definition) is 4. The molecule has 0 aliphatic heterocycles. The van der Waals surface area contributed by atoms with Crippen LogP contribution in [0.4, 0.5) is 23.5 Å². The Morgan fingerprint density at radius 3 is 1.22 bits per heavy atom. The fourth-order valence-electron chi connectivity index (χ4n) is 5.55. The predicted octanol–water partition coefficient (Wildman–Crippen LogP) is 7.58. The van der Waals surface area contributed by atoms with E-state index in [4.69, 9.17) is 60.6 Å². The zero-order chi connectivity index (χ0) is 37.9. The normalized spacial score (nSPS) is 10.7. The summed E-state index contributed by atoms with van der Waals surface area (Å²) < 4.78 is 10.5. The van der Waals surface area contributed by atoms with E-state index in [1.54, 1.807) is 26.4 Å². The summed E-state index contributed by atoms with van der Waals surface area (Å²) >= 11 is 12.8. The predicted molar refractivity (Wildman–Crippen MR) is 220 cm³/mol. The van der Waals surface area contributed by atoms with Gasteiger partial charge >= 0.3 is 0 Å². The van der Waals surface area contributed by atoms with Gasteiger partial charge in [-0.15, -0.1) is 12.4 Å². The molecular formula is C38H31Cl3N12O2. The van der Waals surface area contributed by atoms with Gasteiger partial charge in [0.25, 0.3) is 0 Å². The number of nitrogens with zero attached hydrogens (tertiary/aromatic N) is 8. The second-order valence-corrected chi connectivity index (χ2v) is 12.4. The van der Waals surface area contributed by atoms with E-state index in [1.807, 2.05) is 84.9 Å². The molecule has 4 aromatic heterocycles. The maximum atomic E-state index is 6.41. The smallest absolute Gasteiger partial charge is 0.224 e. The van der Waals surface area contributed by atoms with Gasteiger partial charge in [-0.05, 0) is 60.7 Å². The first-order chi connectivity index (χ1) is 26.1. The maximum Gasteiger partial charge on any atom is 0.224 e. The van der Waals surface area contributed by atoms with Crippen LogP contribution in [0.2, 0.25) is 10.0 Å². The third-order valence-electron chi connectivity index (χ3n) is 8.14.